The summed E-state index contributed by atoms with van der Waals surface area (Å²) in [6, 6.07) is 5.94. The van der Waals surface area contributed by atoms with Crippen molar-refractivity contribution < 1.29 is 0 Å². The topological polar surface area (TPSA) is 40.7 Å². The van der Waals surface area contributed by atoms with E-state index in [-0.39, 0.29) is 0 Å². The molecular formula is C11H11BrClN3. The average molecular weight is 301 g/mol. The van der Waals surface area contributed by atoms with Gasteiger partial charge in [0.25, 0.3) is 0 Å². The summed E-state index contributed by atoms with van der Waals surface area (Å²) in [6.45, 7) is 1.56. The average Bonchev–Trinajstić information content (AvgIpc) is 2.76. The lowest BCUT2D eigenvalue weighted by Gasteiger charge is -2.04. The number of nitrogens with zero attached hydrogens (tertiary/aromatic N) is 1. The Morgan fingerprint density at radius 3 is 2.94 bits per heavy atom. The molecule has 0 aliphatic rings. The van der Waals surface area contributed by atoms with E-state index in [1.807, 2.05) is 24.4 Å². The van der Waals surface area contributed by atoms with Gasteiger partial charge in [-0.05, 0) is 33.6 Å². The van der Waals surface area contributed by atoms with Crippen molar-refractivity contribution in [3.63, 3.8) is 0 Å². The smallest absolute Gasteiger partial charge is 0.0922 e. The lowest BCUT2D eigenvalue weighted by molar-refractivity contribution is 0.682. The third-order valence-corrected chi connectivity index (χ3v) is 3.42. The second-order valence-corrected chi connectivity index (χ2v) is 4.69. The first kappa shape index (κ1) is 11.6. The zero-order chi connectivity index (χ0) is 11.4. The number of aromatic amines is 1. The number of aromatic nitrogens is 2. The Kier molecular flexibility index (Phi) is 3.98. The number of nitrogens with one attached hydrogen (secondary N) is 2. The molecule has 0 unspecified atom stereocenters. The number of H-pyrrole nitrogens is 1. The van der Waals surface area contributed by atoms with Crippen LogP contribution in [0.3, 0.4) is 0 Å². The third-order valence-electron chi connectivity index (χ3n) is 2.18. The van der Waals surface area contributed by atoms with Gasteiger partial charge in [-0.15, -0.1) is 0 Å². The van der Waals surface area contributed by atoms with Crippen molar-refractivity contribution in [3.8, 4) is 0 Å². The molecular weight excluding hydrogens is 289 g/mol. The molecule has 0 atom stereocenters. The molecule has 1 aromatic carbocycles. The van der Waals surface area contributed by atoms with E-state index in [2.05, 4.69) is 31.2 Å². The monoisotopic (exact) mass is 299 g/mol. The van der Waals surface area contributed by atoms with Gasteiger partial charge in [-0.25, -0.2) is 4.98 Å². The van der Waals surface area contributed by atoms with Gasteiger partial charge in [0.2, 0.25) is 0 Å². The summed E-state index contributed by atoms with van der Waals surface area (Å²) in [5, 5.41) is 4.04. The van der Waals surface area contributed by atoms with Crippen molar-refractivity contribution in [2.45, 2.75) is 13.1 Å². The number of rotatable bonds is 4. The van der Waals surface area contributed by atoms with Crippen LogP contribution >= 0.6 is 27.5 Å². The summed E-state index contributed by atoms with van der Waals surface area (Å²) < 4.78 is 0.923. The van der Waals surface area contributed by atoms with Gasteiger partial charge < -0.3 is 10.3 Å². The molecule has 0 fully saturated rings. The van der Waals surface area contributed by atoms with Crippen LogP contribution in [-0.2, 0) is 13.1 Å². The van der Waals surface area contributed by atoms with Crippen LogP contribution in [-0.4, -0.2) is 9.97 Å². The van der Waals surface area contributed by atoms with E-state index in [1.165, 1.54) is 0 Å². The summed E-state index contributed by atoms with van der Waals surface area (Å²) in [5.74, 6) is 0. The zero-order valence-corrected chi connectivity index (χ0v) is 10.8. The number of benzene rings is 1. The van der Waals surface area contributed by atoms with Crippen molar-refractivity contribution in [3.05, 3.63) is 51.5 Å². The first-order valence-electron chi connectivity index (χ1n) is 4.87. The van der Waals surface area contributed by atoms with E-state index in [0.717, 1.165) is 33.8 Å². The van der Waals surface area contributed by atoms with Crippen molar-refractivity contribution in [2.75, 3.05) is 0 Å². The predicted octanol–water partition coefficient (Wildman–Crippen LogP) is 3.12. The molecule has 0 amide bonds. The molecule has 0 saturated carbocycles. The second-order valence-electron chi connectivity index (χ2n) is 3.43. The number of hydrogen-bond donors (Lipinski definition) is 2. The Hall–Kier alpha value is -0.840. The number of imidazole rings is 1. The Bertz CT molecular complexity index is 456. The highest BCUT2D eigenvalue weighted by Gasteiger charge is 1.99. The highest BCUT2D eigenvalue weighted by molar-refractivity contribution is 9.10. The Morgan fingerprint density at radius 1 is 1.38 bits per heavy atom. The van der Waals surface area contributed by atoms with Crippen molar-refractivity contribution in [2.24, 2.45) is 0 Å². The molecule has 0 bridgehead atoms. The van der Waals surface area contributed by atoms with E-state index in [1.54, 1.807) is 6.33 Å². The van der Waals surface area contributed by atoms with E-state index in [4.69, 9.17) is 11.6 Å². The van der Waals surface area contributed by atoms with Crippen LogP contribution in [0.15, 0.2) is 35.2 Å². The summed E-state index contributed by atoms with van der Waals surface area (Å²) >= 11 is 9.36. The lowest BCUT2D eigenvalue weighted by atomic mass is 10.2. The fourth-order valence-corrected chi connectivity index (χ4v) is 1.82. The maximum Gasteiger partial charge on any atom is 0.0922 e. The number of halogens is 2. The lowest BCUT2D eigenvalue weighted by Crippen LogP contribution is -2.12. The summed E-state index contributed by atoms with van der Waals surface area (Å²) in [7, 11) is 0. The van der Waals surface area contributed by atoms with E-state index in [0.29, 0.717) is 0 Å². The molecule has 2 aromatic rings. The van der Waals surface area contributed by atoms with E-state index in [9.17, 15) is 0 Å². The molecule has 3 nitrogen and oxygen atoms in total. The molecule has 0 aliphatic carbocycles. The molecule has 0 spiro atoms. The van der Waals surface area contributed by atoms with Crippen LogP contribution in [0, 0.1) is 0 Å². The Balaban J connectivity index is 1.87. The summed E-state index contributed by atoms with van der Waals surface area (Å²) in [4.78, 5) is 6.99. The van der Waals surface area contributed by atoms with Crippen LogP contribution in [0.4, 0.5) is 0 Å². The van der Waals surface area contributed by atoms with Gasteiger partial charge in [0.15, 0.2) is 0 Å². The minimum absolute atomic E-state index is 0.737. The molecule has 0 saturated heterocycles. The zero-order valence-electron chi connectivity index (χ0n) is 8.50. The van der Waals surface area contributed by atoms with Gasteiger partial charge in [0.1, 0.15) is 0 Å². The molecule has 0 aliphatic heterocycles. The van der Waals surface area contributed by atoms with Crippen LogP contribution in [0.25, 0.3) is 0 Å². The fourth-order valence-electron chi connectivity index (χ4n) is 1.37. The molecule has 5 heteroatoms. The first-order chi connectivity index (χ1) is 7.75. The minimum Gasteiger partial charge on any atom is -0.347 e. The largest absolute Gasteiger partial charge is 0.347 e. The van der Waals surface area contributed by atoms with Crippen molar-refractivity contribution in [1.82, 2.24) is 15.3 Å². The molecule has 0 radical (unpaired) electrons. The Morgan fingerprint density at radius 2 is 2.25 bits per heavy atom. The summed E-state index contributed by atoms with van der Waals surface area (Å²) in [5.41, 5.74) is 2.23. The van der Waals surface area contributed by atoms with E-state index < -0.39 is 0 Å². The van der Waals surface area contributed by atoms with Crippen LogP contribution < -0.4 is 5.32 Å². The molecule has 1 aromatic heterocycles. The molecule has 2 N–H and O–H groups in total. The normalized spacial score (nSPS) is 10.6. The van der Waals surface area contributed by atoms with Gasteiger partial charge in [0.05, 0.1) is 11.3 Å². The van der Waals surface area contributed by atoms with Gasteiger partial charge in [-0.3, -0.25) is 0 Å². The summed E-state index contributed by atoms with van der Waals surface area (Å²) in [6.07, 6.45) is 3.48. The quantitative estimate of drug-likeness (QED) is 0.911. The van der Waals surface area contributed by atoms with Crippen molar-refractivity contribution in [1.29, 1.82) is 0 Å². The molecule has 84 valence electrons. The van der Waals surface area contributed by atoms with Gasteiger partial charge in [0, 0.05) is 29.5 Å². The Labute approximate surface area is 107 Å². The van der Waals surface area contributed by atoms with Crippen LogP contribution in [0.1, 0.15) is 11.3 Å². The maximum absolute atomic E-state index is 6.00. The highest BCUT2D eigenvalue weighted by Crippen LogP contribution is 2.23. The first-order valence-corrected chi connectivity index (χ1v) is 6.04. The van der Waals surface area contributed by atoms with Gasteiger partial charge in [-0.2, -0.15) is 0 Å². The standard InChI is InChI=1S/C11H11BrClN3/c12-10-2-1-8(3-11(10)13)4-14-5-9-6-15-7-16-9/h1-3,6-7,14H,4-5H2,(H,15,16). The predicted molar refractivity (Wildman–Crippen MR) is 68.3 cm³/mol. The van der Waals surface area contributed by atoms with Gasteiger partial charge >= 0.3 is 0 Å². The highest BCUT2D eigenvalue weighted by atomic mass is 79.9. The molecule has 1 heterocycles. The SMILES string of the molecule is Clc1cc(CNCc2cnc[nH]2)ccc1Br. The fraction of sp³-hybridized carbons (Fsp3) is 0.182. The molecule has 16 heavy (non-hydrogen) atoms. The van der Waals surface area contributed by atoms with Crippen LogP contribution in [0.5, 0.6) is 0 Å². The molecule has 2 rings (SSSR count). The van der Waals surface area contributed by atoms with Crippen molar-refractivity contribution >= 4 is 27.5 Å². The number of hydrogen-bond acceptors (Lipinski definition) is 2. The maximum atomic E-state index is 6.00. The minimum atomic E-state index is 0.737. The van der Waals surface area contributed by atoms with Gasteiger partial charge in [-0.1, -0.05) is 17.7 Å². The third kappa shape index (κ3) is 3.07. The van der Waals surface area contributed by atoms with E-state index >= 15 is 0 Å². The second kappa shape index (κ2) is 5.48. The van der Waals surface area contributed by atoms with Crippen LogP contribution in [0.2, 0.25) is 5.02 Å².